The molecular weight excluding hydrogens is 380 g/mol. The van der Waals surface area contributed by atoms with Crippen LogP contribution in [0.1, 0.15) is 44.6 Å². The van der Waals surface area contributed by atoms with E-state index in [4.69, 9.17) is 0 Å². The SMILES string of the molecule is CC(=O)NCc1ccc(C(=O)NNC(=O)c2cc(C)n(-c3ccccc3)c2C)cc1. The standard InChI is InChI=1S/C23H24N4O3/c1-15-13-21(16(2)27(15)20-7-5-4-6-8-20)23(30)26-25-22(29)19-11-9-18(10-12-19)14-24-17(3)28/h4-13H,14H2,1-3H3,(H,24,28)(H,25,29)(H,26,30). The van der Waals surface area contributed by atoms with Gasteiger partial charge < -0.3 is 9.88 Å². The number of hydrazine groups is 1. The van der Waals surface area contributed by atoms with Crippen LogP contribution in [0.25, 0.3) is 5.69 Å². The van der Waals surface area contributed by atoms with Crippen LogP contribution in [0.5, 0.6) is 0 Å². The quantitative estimate of drug-likeness (QED) is 0.571. The van der Waals surface area contributed by atoms with Gasteiger partial charge in [0.05, 0.1) is 5.56 Å². The molecule has 0 aliphatic rings. The van der Waals surface area contributed by atoms with Gasteiger partial charge in [-0.2, -0.15) is 0 Å². The zero-order chi connectivity index (χ0) is 21.7. The second-order valence-electron chi connectivity index (χ2n) is 6.97. The van der Waals surface area contributed by atoms with E-state index in [1.807, 2.05) is 48.7 Å². The van der Waals surface area contributed by atoms with Crippen molar-refractivity contribution >= 4 is 17.7 Å². The van der Waals surface area contributed by atoms with E-state index < -0.39 is 5.91 Å². The van der Waals surface area contributed by atoms with Gasteiger partial charge in [0.25, 0.3) is 11.8 Å². The van der Waals surface area contributed by atoms with Crippen LogP contribution in [0, 0.1) is 13.8 Å². The number of nitrogens with one attached hydrogen (secondary N) is 3. The molecule has 0 saturated carbocycles. The van der Waals surface area contributed by atoms with Crippen LogP contribution in [0.3, 0.4) is 0 Å². The topological polar surface area (TPSA) is 92.2 Å². The largest absolute Gasteiger partial charge is 0.352 e. The lowest BCUT2D eigenvalue weighted by Crippen LogP contribution is -2.41. The molecule has 7 heteroatoms. The molecule has 7 nitrogen and oxygen atoms in total. The minimum absolute atomic E-state index is 0.119. The second kappa shape index (κ2) is 9.09. The maximum Gasteiger partial charge on any atom is 0.271 e. The van der Waals surface area contributed by atoms with Crippen molar-refractivity contribution in [3.05, 3.63) is 88.7 Å². The Morgan fingerprint density at radius 3 is 2.13 bits per heavy atom. The van der Waals surface area contributed by atoms with Gasteiger partial charge in [-0.05, 0) is 49.7 Å². The van der Waals surface area contributed by atoms with Gasteiger partial charge in [0.15, 0.2) is 0 Å². The van der Waals surface area contributed by atoms with E-state index in [1.54, 1.807) is 30.3 Å². The molecule has 0 bridgehead atoms. The third-order valence-electron chi connectivity index (χ3n) is 4.74. The first-order valence-corrected chi connectivity index (χ1v) is 9.55. The molecule has 0 radical (unpaired) electrons. The monoisotopic (exact) mass is 404 g/mol. The molecule has 3 rings (SSSR count). The molecule has 0 atom stereocenters. The highest BCUT2D eigenvalue weighted by molar-refractivity contribution is 5.99. The molecule has 0 aliphatic heterocycles. The molecule has 0 unspecified atom stereocenters. The molecule has 3 amide bonds. The third kappa shape index (κ3) is 4.75. The molecular formula is C23H24N4O3. The van der Waals surface area contributed by atoms with Gasteiger partial charge in [0.2, 0.25) is 5.91 Å². The molecule has 3 N–H and O–H groups in total. The Balaban J connectivity index is 1.64. The highest BCUT2D eigenvalue weighted by atomic mass is 16.2. The molecule has 154 valence electrons. The van der Waals surface area contributed by atoms with Crippen LogP contribution in [-0.4, -0.2) is 22.3 Å². The molecule has 0 saturated heterocycles. The van der Waals surface area contributed by atoms with Crippen LogP contribution in [-0.2, 0) is 11.3 Å². The molecule has 0 fully saturated rings. The van der Waals surface area contributed by atoms with Gasteiger partial charge in [0.1, 0.15) is 0 Å². The Bertz CT molecular complexity index is 1070. The number of hydrogen-bond donors (Lipinski definition) is 3. The molecule has 0 spiro atoms. The van der Waals surface area contributed by atoms with Gasteiger partial charge in [-0.1, -0.05) is 30.3 Å². The fourth-order valence-electron chi connectivity index (χ4n) is 3.22. The van der Waals surface area contributed by atoms with Crippen LogP contribution < -0.4 is 16.2 Å². The summed E-state index contributed by atoms with van der Waals surface area (Å²) in [6.07, 6.45) is 0. The van der Waals surface area contributed by atoms with Crippen molar-refractivity contribution in [2.45, 2.75) is 27.3 Å². The number of nitrogens with zero attached hydrogens (tertiary/aromatic N) is 1. The second-order valence-corrected chi connectivity index (χ2v) is 6.97. The number of hydrogen-bond acceptors (Lipinski definition) is 3. The number of carbonyl (C=O) groups excluding carboxylic acids is 3. The summed E-state index contributed by atoms with van der Waals surface area (Å²) in [5, 5.41) is 2.69. The fraction of sp³-hybridized carbons (Fsp3) is 0.174. The molecule has 3 aromatic rings. The summed E-state index contributed by atoms with van der Waals surface area (Å²) in [7, 11) is 0. The van der Waals surface area contributed by atoms with E-state index in [-0.39, 0.29) is 11.8 Å². The predicted molar refractivity (Wildman–Crippen MR) is 114 cm³/mol. The minimum atomic E-state index is -0.425. The summed E-state index contributed by atoms with van der Waals surface area (Å²) in [5.41, 5.74) is 9.36. The average Bonchev–Trinajstić information content (AvgIpc) is 3.05. The zero-order valence-corrected chi connectivity index (χ0v) is 17.2. The van der Waals surface area contributed by atoms with Crippen molar-refractivity contribution in [3.8, 4) is 5.69 Å². The van der Waals surface area contributed by atoms with Crippen molar-refractivity contribution in [1.29, 1.82) is 0 Å². The number of rotatable bonds is 5. The van der Waals surface area contributed by atoms with Crippen LogP contribution in [0.4, 0.5) is 0 Å². The summed E-state index contributed by atoms with van der Waals surface area (Å²) in [6.45, 7) is 5.63. The Morgan fingerprint density at radius 2 is 1.50 bits per heavy atom. The van der Waals surface area contributed by atoms with Crippen molar-refractivity contribution in [2.24, 2.45) is 0 Å². The Kier molecular flexibility index (Phi) is 6.32. The third-order valence-corrected chi connectivity index (χ3v) is 4.74. The highest BCUT2D eigenvalue weighted by Crippen LogP contribution is 2.20. The molecule has 30 heavy (non-hydrogen) atoms. The first-order valence-electron chi connectivity index (χ1n) is 9.55. The summed E-state index contributed by atoms with van der Waals surface area (Å²) in [5.74, 6) is -0.932. The lowest BCUT2D eigenvalue weighted by molar-refractivity contribution is -0.119. The molecule has 1 aromatic heterocycles. The van der Waals surface area contributed by atoms with E-state index in [2.05, 4.69) is 16.2 Å². The van der Waals surface area contributed by atoms with E-state index in [0.29, 0.717) is 17.7 Å². The number of aryl methyl sites for hydroxylation is 1. The first-order chi connectivity index (χ1) is 14.4. The predicted octanol–water partition coefficient (Wildman–Crippen LogP) is 2.81. The van der Waals surface area contributed by atoms with Crippen molar-refractivity contribution in [2.75, 3.05) is 0 Å². The highest BCUT2D eigenvalue weighted by Gasteiger charge is 2.17. The maximum absolute atomic E-state index is 12.6. The zero-order valence-electron chi connectivity index (χ0n) is 17.2. The maximum atomic E-state index is 12.6. The van der Waals surface area contributed by atoms with E-state index in [9.17, 15) is 14.4 Å². The van der Waals surface area contributed by atoms with Crippen LogP contribution in [0.15, 0.2) is 60.7 Å². The summed E-state index contributed by atoms with van der Waals surface area (Å²) in [6, 6.07) is 18.3. The van der Waals surface area contributed by atoms with Gasteiger partial charge in [-0.15, -0.1) is 0 Å². The summed E-state index contributed by atoms with van der Waals surface area (Å²) in [4.78, 5) is 35.9. The number of benzene rings is 2. The minimum Gasteiger partial charge on any atom is -0.352 e. The Morgan fingerprint density at radius 1 is 0.867 bits per heavy atom. The smallest absolute Gasteiger partial charge is 0.271 e. The molecule has 0 aliphatic carbocycles. The van der Waals surface area contributed by atoms with Gasteiger partial charge >= 0.3 is 0 Å². The van der Waals surface area contributed by atoms with Gasteiger partial charge in [-0.3, -0.25) is 25.2 Å². The van der Waals surface area contributed by atoms with E-state index in [1.165, 1.54) is 6.92 Å². The average molecular weight is 404 g/mol. The number of carbonyl (C=O) groups is 3. The van der Waals surface area contributed by atoms with E-state index in [0.717, 1.165) is 22.6 Å². The number of para-hydroxylation sites is 1. The van der Waals surface area contributed by atoms with Crippen LogP contribution >= 0.6 is 0 Å². The lowest BCUT2D eigenvalue weighted by atomic mass is 10.1. The fourth-order valence-corrected chi connectivity index (χ4v) is 3.22. The van der Waals surface area contributed by atoms with Crippen molar-refractivity contribution < 1.29 is 14.4 Å². The van der Waals surface area contributed by atoms with Crippen molar-refractivity contribution in [1.82, 2.24) is 20.7 Å². The van der Waals surface area contributed by atoms with Crippen molar-refractivity contribution in [3.63, 3.8) is 0 Å². The Labute approximate surface area is 175 Å². The first kappa shape index (κ1) is 20.9. The summed E-state index contributed by atoms with van der Waals surface area (Å²) < 4.78 is 1.99. The summed E-state index contributed by atoms with van der Waals surface area (Å²) >= 11 is 0. The van der Waals surface area contributed by atoms with Crippen LogP contribution in [0.2, 0.25) is 0 Å². The normalized spacial score (nSPS) is 10.4. The Hall–Kier alpha value is -3.87. The lowest BCUT2D eigenvalue weighted by Gasteiger charge is -2.10. The molecule has 1 heterocycles. The van der Waals surface area contributed by atoms with Gasteiger partial charge in [0, 0.05) is 36.1 Å². The number of amides is 3. The number of aromatic nitrogens is 1. The van der Waals surface area contributed by atoms with E-state index >= 15 is 0 Å². The molecule has 2 aromatic carbocycles. The van der Waals surface area contributed by atoms with Gasteiger partial charge in [-0.25, -0.2) is 0 Å².